The molecule has 2 aliphatic heterocycles. The lowest BCUT2D eigenvalue weighted by atomic mass is 9.79. The highest BCUT2D eigenvalue weighted by Crippen LogP contribution is 2.43. The molecule has 0 saturated carbocycles. The molecule has 4 rings (SSSR count). The van der Waals surface area contributed by atoms with Gasteiger partial charge in [0.05, 0.1) is 0 Å². The van der Waals surface area contributed by atoms with Gasteiger partial charge in [-0.3, -0.25) is 0 Å². The lowest BCUT2D eigenvalue weighted by molar-refractivity contribution is 0.174. The SMILES string of the molecule is CC1Nc2ccccc2C(N)C1c1ccc2c(c1)OCO2. The maximum Gasteiger partial charge on any atom is 0.231 e. The van der Waals surface area contributed by atoms with Crippen molar-refractivity contribution in [2.75, 3.05) is 12.1 Å². The zero-order chi connectivity index (χ0) is 14.4. The molecule has 0 fully saturated rings. The minimum atomic E-state index is -0.0298. The number of fused-ring (bicyclic) bond motifs is 2. The molecule has 2 aliphatic rings. The minimum absolute atomic E-state index is 0.0298. The predicted molar refractivity (Wildman–Crippen MR) is 81.8 cm³/mol. The molecule has 0 saturated heterocycles. The first-order chi connectivity index (χ1) is 10.2. The molecule has 21 heavy (non-hydrogen) atoms. The van der Waals surface area contributed by atoms with E-state index in [4.69, 9.17) is 15.2 Å². The number of ether oxygens (including phenoxy) is 2. The lowest BCUT2D eigenvalue weighted by Gasteiger charge is -2.37. The van der Waals surface area contributed by atoms with Crippen LogP contribution < -0.4 is 20.5 Å². The summed E-state index contributed by atoms with van der Waals surface area (Å²) in [4.78, 5) is 0. The van der Waals surface area contributed by atoms with Crippen molar-refractivity contribution in [3.63, 3.8) is 0 Å². The largest absolute Gasteiger partial charge is 0.454 e. The van der Waals surface area contributed by atoms with Crippen LogP contribution in [0.25, 0.3) is 0 Å². The van der Waals surface area contributed by atoms with Gasteiger partial charge in [-0.15, -0.1) is 0 Å². The molecule has 0 spiro atoms. The minimum Gasteiger partial charge on any atom is -0.454 e. The van der Waals surface area contributed by atoms with Crippen molar-refractivity contribution in [1.29, 1.82) is 0 Å². The number of hydrogen-bond donors (Lipinski definition) is 2. The number of nitrogens with two attached hydrogens (primary N) is 1. The van der Waals surface area contributed by atoms with Crippen LogP contribution >= 0.6 is 0 Å². The van der Waals surface area contributed by atoms with Crippen molar-refractivity contribution in [1.82, 2.24) is 0 Å². The summed E-state index contributed by atoms with van der Waals surface area (Å²) in [6, 6.07) is 14.6. The molecule has 0 bridgehead atoms. The molecule has 0 aromatic heterocycles. The molecule has 0 aliphatic carbocycles. The molecule has 4 heteroatoms. The summed E-state index contributed by atoms with van der Waals surface area (Å²) in [5, 5.41) is 3.55. The van der Waals surface area contributed by atoms with E-state index in [1.54, 1.807) is 0 Å². The lowest BCUT2D eigenvalue weighted by Crippen LogP contribution is -2.37. The Morgan fingerprint density at radius 1 is 1.10 bits per heavy atom. The van der Waals surface area contributed by atoms with Crippen LogP contribution in [0.15, 0.2) is 42.5 Å². The first-order valence-electron chi connectivity index (χ1n) is 7.24. The second-order valence-electron chi connectivity index (χ2n) is 5.68. The van der Waals surface area contributed by atoms with Crippen molar-refractivity contribution in [3.05, 3.63) is 53.6 Å². The molecule has 3 N–H and O–H groups in total. The van der Waals surface area contributed by atoms with E-state index in [-0.39, 0.29) is 18.0 Å². The van der Waals surface area contributed by atoms with Gasteiger partial charge >= 0.3 is 0 Å². The molecule has 2 heterocycles. The zero-order valence-corrected chi connectivity index (χ0v) is 11.9. The molecule has 0 amide bonds. The standard InChI is InChI=1S/C17H18N2O2/c1-10-16(11-6-7-14-15(8-11)21-9-20-14)17(18)12-4-2-3-5-13(12)19-10/h2-8,10,16-17,19H,9,18H2,1H3. The summed E-state index contributed by atoms with van der Waals surface area (Å²) in [5.74, 6) is 1.82. The number of nitrogens with one attached hydrogen (secondary N) is 1. The van der Waals surface area contributed by atoms with Gasteiger partial charge in [-0.2, -0.15) is 0 Å². The summed E-state index contributed by atoms with van der Waals surface area (Å²) in [5.41, 5.74) is 10.0. The number of hydrogen-bond acceptors (Lipinski definition) is 4. The van der Waals surface area contributed by atoms with Crippen molar-refractivity contribution >= 4 is 5.69 Å². The number of anilines is 1. The fourth-order valence-corrected chi connectivity index (χ4v) is 3.38. The summed E-state index contributed by atoms with van der Waals surface area (Å²) in [7, 11) is 0. The Balaban J connectivity index is 1.75. The monoisotopic (exact) mass is 282 g/mol. The molecule has 4 nitrogen and oxygen atoms in total. The van der Waals surface area contributed by atoms with Crippen LogP contribution in [0.2, 0.25) is 0 Å². The second kappa shape index (κ2) is 4.67. The smallest absolute Gasteiger partial charge is 0.231 e. The Hall–Kier alpha value is -2.20. The quantitative estimate of drug-likeness (QED) is 0.844. The van der Waals surface area contributed by atoms with E-state index in [0.717, 1.165) is 17.2 Å². The van der Waals surface area contributed by atoms with Crippen LogP contribution in [0, 0.1) is 0 Å². The first-order valence-corrected chi connectivity index (χ1v) is 7.24. The molecular weight excluding hydrogens is 264 g/mol. The maximum absolute atomic E-state index is 6.55. The van der Waals surface area contributed by atoms with Crippen LogP contribution in [0.1, 0.15) is 30.0 Å². The van der Waals surface area contributed by atoms with E-state index in [1.165, 1.54) is 11.1 Å². The fourth-order valence-electron chi connectivity index (χ4n) is 3.38. The molecule has 108 valence electrons. The molecule has 3 unspecified atom stereocenters. The van der Waals surface area contributed by atoms with Gasteiger partial charge < -0.3 is 20.5 Å². The van der Waals surface area contributed by atoms with Gasteiger partial charge in [0, 0.05) is 23.7 Å². The van der Waals surface area contributed by atoms with E-state index in [9.17, 15) is 0 Å². The third-order valence-electron chi connectivity index (χ3n) is 4.41. The van der Waals surface area contributed by atoms with Gasteiger partial charge in [-0.05, 0) is 36.2 Å². The molecule has 2 aromatic rings. The van der Waals surface area contributed by atoms with Crippen molar-refractivity contribution in [2.45, 2.75) is 24.9 Å². The van der Waals surface area contributed by atoms with Gasteiger partial charge in [-0.25, -0.2) is 0 Å². The summed E-state index contributed by atoms with van der Waals surface area (Å²) < 4.78 is 10.9. The Kier molecular flexibility index (Phi) is 2.79. The Morgan fingerprint density at radius 3 is 2.81 bits per heavy atom. The van der Waals surface area contributed by atoms with Gasteiger partial charge in [0.1, 0.15) is 0 Å². The first kappa shape index (κ1) is 12.5. The highest BCUT2D eigenvalue weighted by Gasteiger charge is 2.33. The van der Waals surface area contributed by atoms with Gasteiger partial charge in [-0.1, -0.05) is 24.3 Å². The van der Waals surface area contributed by atoms with Gasteiger partial charge in [0.2, 0.25) is 6.79 Å². The van der Waals surface area contributed by atoms with E-state index in [2.05, 4.69) is 36.5 Å². The van der Waals surface area contributed by atoms with E-state index < -0.39 is 0 Å². The molecular formula is C17H18N2O2. The normalized spacial score (nSPS) is 26.1. The van der Waals surface area contributed by atoms with Gasteiger partial charge in [0.25, 0.3) is 0 Å². The highest BCUT2D eigenvalue weighted by molar-refractivity contribution is 5.58. The number of benzene rings is 2. The van der Waals surface area contributed by atoms with Crippen molar-refractivity contribution < 1.29 is 9.47 Å². The summed E-state index contributed by atoms with van der Waals surface area (Å²) in [6.45, 7) is 2.47. The van der Waals surface area contributed by atoms with Crippen LogP contribution in [-0.4, -0.2) is 12.8 Å². The zero-order valence-electron chi connectivity index (χ0n) is 11.9. The topological polar surface area (TPSA) is 56.5 Å². The third kappa shape index (κ3) is 1.94. The van der Waals surface area contributed by atoms with E-state index in [0.29, 0.717) is 6.79 Å². The van der Waals surface area contributed by atoms with Crippen LogP contribution in [0.4, 0.5) is 5.69 Å². The predicted octanol–water partition coefficient (Wildman–Crippen LogP) is 3.01. The third-order valence-corrected chi connectivity index (χ3v) is 4.41. The van der Waals surface area contributed by atoms with Crippen molar-refractivity contribution in [3.8, 4) is 11.5 Å². The average Bonchev–Trinajstić information content (AvgIpc) is 2.95. The number of rotatable bonds is 1. The van der Waals surface area contributed by atoms with E-state index in [1.807, 2.05) is 18.2 Å². The number of para-hydroxylation sites is 1. The summed E-state index contributed by atoms with van der Waals surface area (Å²) in [6.07, 6.45) is 0. The van der Waals surface area contributed by atoms with Gasteiger partial charge in [0.15, 0.2) is 11.5 Å². The Labute approximate surface area is 123 Å². The molecule has 2 aromatic carbocycles. The Bertz CT molecular complexity index is 686. The molecule has 3 atom stereocenters. The van der Waals surface area contributed by atoms with Crippen LogP contribution in [0.3, 0.4) is 0 Å². The second-order valence-corrected chi connectivity index (χ2v) is 5.68. The molecule has 0 radical (unpaired) electrons. The summed E-state index contributed by atoms with van der Waals surface area (Å²) >= 11 is 0. The van der Waals surface area contributed by atoms with E-state index >= 15 is 0 Å². The van der Waals surface area contributed by atoms with Crippen molar-refractivity contribution in [2.24, 2.45) is 5.73 Å². The fraction of sp³-hybridized carbons (Fsp3) is 0.294. The average molecular weight is 282 g/mol. The highest BCUT2D eigenvalue weighted by atomic mass is 16.7. The van der Waals surface area contributed by atoms with Crippen LogP contribution in [0.5, 0.6) is 11.5 Å². The van der Waals surface area contributed by atoms with Crippen LogP contribution in [-0.2, 0) is 0 Å². The maximum atomic E-state index is 6.55. The Morgan fingerprint density at radius 2 is 1.90 bits per heavy atom.